The summed E-state index contributed by atoms with van der Waals surface area (Å²) in [6, 6.07) is 1.64. The summed E-state index contributed by atoms with van der Waals surface area (Å²) in [5, 5.41) is 9.09. The minimum absolute atomic E-state index is 0.153. The number of pyridine rings is 1. The third-order valence-corrected chi connectivity index (χ3v) is 3.79. The summed E-state index contributed by atoms with van der Waals surface area (Å²) in [5.74, 6) is 0.713. The van der Waals surface area contributed by atoms with Gasteiger partial charge in [-0.05, 0) is 39.3 Å². The zero-order valence-corrected chi connectivity index (χ0v) is 12.1. The SMILES string of the molecule is CC1(C)OB(/C=C/c2ccncc2C(=O)O)OC1(C)C. The summed E-state index contributed by atoms with van der Waals surface area (Å²) in [6.07, 6.45) is 4.57. The number of carbonyl (C=O) groups is 1. The Morgan fingerprint density at radius 1 is 1.30 bits per heavy atom. The van der Waals surface area contributed by atoms with Crippen LogP contribution < -0.4 is 0 Å². The first-order valence-electron chi connectivity index (χ1n) is 6.44. The summed E-state index contributed by atoms with van der Waals surface area (Å²) < 4.78 is 11.6. The van der Waals surface area contributed by atoms with Crippen molar-refractivity contribution >= 4 is 19.2 Å². The summed E-state index contributed by atoms with van der Waals surface area (Å²) in [4.78, 5) is 14.9. The lowest BCUT2D eigenvalue weighted by atomic mass is 9.88. The number of rotatable bonds is 3. The Bertz CT molecular complexity index is 538. The van der Waals surface area contributed by atoms with Crippen molar-refractivity contribution in [2.45, 2.75) is 38.9 Å². The van der Waals surface area contributed by atoms with Crippen LogP contribution in [-0.4, -0.2) is 34.4 Å². The molecule has 1 aliphatic rings. The number of nitrogens with zero attached hydrogens (tertiary/aromatic N) is 1. The third-order valence-electron chi connectivity index (χ3n) is 3.79. The number of carboxylic acid groups (broad SMARTS) is 1. The molecule has 0 spiro atoms. The highest BCUT2D eigenvalue weighted by atomic mass is 16.7. The minimum Gasteiger partial charge on any atom is -0.478 e. The Hall–Kier alpha value is -1.66. The molecule has 2 heterocycles. The zero-order valence-electron chi connectivity index (χ0n) is 12.1. The van der Waals surface area contributed by atoms with Gasteiger partial charge in [-0.25, -0.2) is 4.79 Å². The van der Waals surface area contributed by atoms with Crippen LogP contribution in [0.1, 0.15) is 43.6 Å². The first kappa shape index (κ1) is 14.7. The van der Waals surface area contributed by atoms with Crippen LogP contribution in [0.15, 0.2) is 24.4 Å². The second kappa shape index (κ2) is 5.03. The molecule has 6 heteroatoms. The number of carboxylic acids is 1. The Morgan fingerprint density at radius 2 is 1.90 bits per heavy atom. The van der Waals surface area contributed by atoms with Crippen molar-refractivity contribution < 1.29 is 19.2 Å². The monoisotopic (exact) mass is 275 g/mol. The molecule has 0 amide bonds. The average Bonchev–Trinajstić information content (AvgIpc) is 2.55. The molecule has 0 aliphatic carbocycles. The predicted molar refractivity (Wildman–Crippen MR) is 76.3 cm³/mol. The number of aromatic carboxylic acids is 1. The molecule has 0 unspecified atom stereocenters. The molecule has 20 heavy (non-hydrogen) atoms. The molecule has 1 saturated heterocycles. The van der Waals surface area contributed by atoms with Crippen LogP contribution in [-0.2, 0) is 9.31 Å². The van der Waals surface area contributed by atoms with E-state index in [1.54, 1.807) is 24.3 Å². The van der Waals surface area contributed by atoms with Gasteiger partial charge in [0, 0.05) is 12.4 Å². The molecule has 2 rings (SSSR count). The van der Waals surface area contributed by atoms with Gasteiger partial charge in [0.05, 0.1) is 16.8 Å². The van der Waals surface area contributed by atoms with Crippen molar-refractivity contribution in [3.05, 3.63) is 35.6 Å². The molecule has 0 saturated carbocycles. The highest BCUT2D eigenvalue weighted by molar-refractivity contribution is 6.52. The second-order valence-electron chi connectivity index (χ2n) is 5.75. The topological polar surface area (TPSA) is 68.7 Å². The van der Waals surface area contributed by atoms with Crippen molar-refractivity contribution in [3.8, 4) is 0 Å². The first-order chi connectivity index (χ1) is 9.23. The Morgan fingerprint density at radius 3 is 2.45 bits per heavy atom. The largest absolute Gasteiger partial charge is 0.487 e. The molecule has 1 aliphatic heterocycles. The van der Waals surface area contributed by atoms with Gasteiger partial charge in [0.1, 0.15) is 0 Å². The van der Waals surface area contributed by atoms with Crippen LogP contribution in [0.4, 0.5) is 0 Å². The summed E-state index contributed by atoms with van der Waals surface area (Å²) in [7, 11) is -0.491. The Kier molecular flexibility index (Phi) is 3.71. The third kappa shape index (κ3) is 2.76. The lowest BCUT2D eigenvalue weighted by Crippen LogP contribution is -2.41. The molecule has 0 radical (unpaired) electrons. The maximum Gasteiger partial charge on any atom is 0.487 e. The molecule has 0 atom stereocenters. The van der Waals surface area contributed by atoms with E-state index in [0.29, 0.717) is 5.56 Å². The standard InChI is InChI=1S/C14H18BNO4/c1-13(2)14(3,4)20-15(19-13)7-5-10-6-8-16-9-11(10)12(17)18/h5-9H,1-4H3,(H,17,18)/b7-5+. The molecular formula is C14H18BNO4. The summed E-state index contributed by atoms with van der Waals surface area (Å²) in [5.41, 5.74) is -0.0892. The van der Waals surface area contributed by atoms with E-state index in [2.05, 4.69) is 4.98 Å². The average molecular weight is 275 g/mol. The highest BCUT2D eigenvalue weighted by Gasteiger charge is 2.50. The highest BCUT2D eigenvalue weighted by Crippen LogP contribution is 2.37. The fraction of sp³-hybridized carbons (Fsp3) is 0.429. The van der Waals surface area contributed by atoms with Crippen LogP contribution in [0, 0.1) is 0 Å². The summed E-state index contributed by atoms with van der Waals surface area (Å²) in [6.45, 7) is 7.87. The molecule has 0 aromatic carbocycles. The van der Waals surface area contributed by atoms with Gasteiger partial charge in [0.25, 0.3) is 0 Å². The van der Waals surface area contributed by atoms with E-state index in [0.717, 1.165) is 0 Å². The molecule has 5 nitrogen and oxygen atoms in total. The van der Waals surface area contributed by atoms with Crippen LogP contribution >= 0.6 is 0 Å². The number of aromatic nitrogens is 1. The number of hydrogen-bond donors (Lipinski definition) is 1. The van der Waals surface area contributed by atoms with E-state index in [4.69, 9.17) is 14.4 Å². The van der Waals surface area contributed by atoms with Crippen LogP contribution in [0.2, 0.25) is 0 Å². The molecule has 1 aromatic rings. The van der Waals surface area contributed by atoms with Gasteiger partial charge in [0.2, 0.25) is 0 Å². The molecule has 0 bridgehead atoms. The van der Waals surface area contributed by atoms with Crippen molar-refractivity contribution in [1.29, 1.82) is 0 Å². The zero-order chi connectivity index (χ0) is 15.0. The predicted octanol–water partition coefficient (Wildman–Crippen LogP) is 2.42. The second-order valence-corrected chi connectivity index (χ2v) is 5.75. The van der Waals surface area contributed by atoms with Gasteiger partial charge in [-0.15, -0.1) is 0 Å². The van der Waals surface area contributed by atoms with Crippen LogP contribution in [0.3, 0.4) is 0 Å². The van der Waals surface area contributed by atoms with E-state index >= 15 is 0 Å². The lowest BCUT2D eigenvalue weighted by molar-refractivity contribution is 0.00578. The van der Waals surface area contributed by atoms with E-state index in [9.17, 15) is 4.79 Å². The van der Waals surface area contributed by atoms with Crippen molar-refractivity contribution in [3.63, 3.8) is 0 Å². The van der Waals surface area contributed by atoms with Gasteiger partial charge < -0.3 is 14.4 Å². The Balaban J connectivity index is 2.18. The van der Waals surface area contributed by atoms with Gasteiger partial charge in [0.15, 0.2) is 0 Å². The van der Waals surface area contributed by atoms with Crippen molar-refractivity contribution in [2.24, 2.45) is 0 Å². The normalized spacial score (nSPS) is 20.5. The van der Waals surface area contributed by atoms with Gasteiger partial charge in [-0.3, -0.25) is 4.98 Å². The maximum atomic E-state index is 11.1. The quantitative estimate of drug-likeness (QED) is 0.858. The van der Waals surface area contributed by atoms with Crippen LogP contribution in [0.25, 0.3) is 6.08 Å². The van der Waals surface area contributed by atoms with E-state index < -0.39 is 24.3 Å². The fourth-order valence-corrected chi connectivity index (χ4v) is 1.88. The minimum atomic E-state index is -1.01. The fourth-order valence-electron chi connectivity index (χ4n) is 1.88. The lowest BCUT2D eigenvalue weighted by Gasteiger charge is -2.32. The van der Waals surface area contributed by atoms with Gasteiger partial charge >= 0.3 is 13.1 Å². The summed E-state index contributed by atoms with van der Waals surface area (Å²) >= 11 is 0. The van der Waals surface area contributed by atoms with E-state index in [-0.39, 0.29) is 5.56 Å². The van der Waals surface area contributed by atoms with E-state index in [1.165, 1.54) is 6.20 Å². The molecule has 1 fully saturated rings. The first-order valence-corrected chi connectivity index (χ1v) is 6.44. The smallest absolute Gasteiger partial charge is 0.478 e. The van der Waals surface area contributed by atoms with Crippen molar-refractivity contribution in [1.82, 2.24) is 4.98 Å². The molecule has 106 valence electrons. The molecule has 1 N–H and O–H groups in total. The molecular weight excluding hydrogens is 257 g/mol. The van der Waals surface area contributed by atoms with Gasteiger partial charge in [-0.1, -0.05) is 12.1 Å². The maximum absolute atomic E-state index is 11.1. The number of hydrogen-bond acceptors (Lipinski definition) is 4. The van der Waals surface area contributed by atoms with Crippen molar-refractivity contribution in [2.75, 3.05) is 0 Å². The van der Waals surface area contributed by atoms with Gasteiger partial charge in [-0.2, -0.15) is 0 Å². The molecule has 1 aromatic heterocycles. The Labute approximate surface area is 118 Å². The van der Waals surface area contributed by atoms with Crippen LogP contribution in [0.5, 0.6) is 0 Å². The van der Waals surface area contributed by atoms with E-state index in [1.807, 2.05) is 27.7 Å².